The second-order valence-corrected chi connectivity index (χ2v) is 7.54. The quantitative estimate of drug-likeness (QED) is 0.623. The maximum atomic E-state index is 6.29. The SMILES string of the molecule is COCc1noc(CN2CCN(c3nc(-c4ccccc4Cl)cs3)CC2)n1. The summed E-state index contributed by atoms with van der Waals surface area (Å²) in [7, 11) is 1.62. The molecule has 0 bridgehead atoms. The van der Waals surface area contributed by atoms with Crippen molar-refractivity contribution in [2.45, 2.75) is 13.2 Å². The van der Waals surface area contributed by atoms with Gasteiger partial charge in [-0.2, -0.15) is 4.98 Å². The zero-order valence-electron chi connectivity index (χ0n) is 15.0. The third-order valence-electron chi connectivity index (χ3n) is 4.43. The number of aromatic nitrogens is 3. The molecular weight excluding hydrogens is 386 g/mol. The second kappa shape index (κ2) is 8.35. The molecule has 27 heavy (non-hydrogen) atoms. The highest BCUT2D eigenvalue weighted by atomic mass is 35.5. The van der Waals surface area contributed by atoms with Crippen molar-refractivity contribution in [3.05, 3.63) is 46.4 Å². The molecule has 1 aromatic carbocycles. The zero-order valence-corrected chi connectivity index (χ0v) is 16.5. The summed E-state index contributed by atoms with van der Waals surface area (Å²) < 4.78 is 10.3. The lowest BCUT2D eigenvalue weighted by Gasteiger charge is -2.33. The van der Waals surface area contributed by atoms with Gasteiger partial charge in [-0.05, 0) is 6.07 Å². The van der Waals surface area contributed by atoms with Crippen LogP contribution in [0.25, 0.3) is 11.3 Å². The number of nitrogens with zero attached hydrogens (tertiary/aromatic N) is 5. The van der Waals surface area contributed by atoms with Gasteiger partial charge in [-0.25, -0.2) is 4.98 Å². The highest BCUT2D eigenvalue weighted by molar-refractivity contribution is 7.14. The van der Waals surface area contributed by atoms with Crippen LogP contribution in [0.3, 0.4) is 0 Å². The lowest BCUT2D eigenvalue weighted by Crippen LogP contribution is -2.46. The smallest absolute Gasteiger partial charge is 0.240 e. The maximum Gasteiger partial charge on any atom is 0.240 e. The monoisotopic (exact) mass is 405 g/mol. The molecule has 0 aliphatic carbocycles. The normalized spacial score (nSPS) is 15.4. The molecule has 1 aliphatic rings. The molecule has 3 heterocycles. The number of piperazine rings is 1. The van der Waals surface area contributed by atoms with Crippen LogP contribution in [0.5, 0.6) is 0 Å². The van der Waals surface area contributed by atoms with Crippen molar-refractivity contribution in [1.29, 1.82) is 0 Å². The molecule has 0 amide bonds. The fourth-order valence-corrected chi connectivity index (χ4v) is 4.14. The van der Waals surface area contributed by atoms with Crippen LogP contribution in [-0.2, 0) is 17.9 Å². The summed E-state index contributed by atoms with van der Waals surface area (Å²) in [6, 6.07) is 7.81. The van der Waals surface area contributed by atoms with Gasteiger partial charge in [0.25, 0.3) is 0 Å². The van der Waals surface area contributed by atoms with E-state index in [1.807, 2.05) is 24.3 Å². The van der Waals surface area contributed by atoms with E-state index >= 15 is 0 Å². The molecule has 0 unspecified atom stereocenters. The molecule has 0 atom stereocenters. The Labute approximate surface area is 166 Å². The Morgan fingerprint density at radius 1 is 1.19 bits per heavy atom. The number of rotatable bonds is 6. The van der Waals surface area contributed by atoms with Gasteiger partial charge in [0.05, 0.1) is 12.2 Å². The van der Waals surface area contributed by atoms with Crippen molar-refractivity contribution in [2.24, 2.45) is 0 Å². The van der Waals surface area contributed by atoms with E-state index in [9.17, 15) is 0 Å². The molecule has 1 aliphatic heterocycles. The van der Waals surface area contributed by atoms with Crippen molar-refractivity contribution in [2.75, 3.05) is 38.2 Å². The number of thiazole rings is 1. The Hall–Kier alpha value is -2.00. The van der Waals surface area contributed by atoms with Crippen molar-refractivity contribution in [3.63, 3.8) is 0 Å². The predicted octanol–water partition coefficient (Wildman–Crippen LogP) is 3.32. The summed E-state index contributed by atoms with van der Waals surface area (Å²) in [6.45, 7) is 4.69. The summed E-state index contributed by atoms with van der Waals surface area (Å²) in [4.78, 5) is 13.7. The number of benzene rings is 1. The summed E-state index contributed by atoms with van der Waals surface area (Å²) in [5.74, 6) is 1.21. The molecule has 9 heteroatoms. The number of methoxy groups -OCH3 is 1. The van der Waals surface area contributed by atoms with Gasteiger partial charge in [-0.1, -0.05) is 35.0 Å². The largest absolute Gasteiger partial charge is 0.377 e. The van der Waals surface area contributed by atoms with Gasteiger partial charge < -0.3 is 14.2 Å². The molecular formula is C18H20ClN5O2S. The van der Waals surface area contributed by atoms with Crippen molar-refractivity contribution < 1.29 is 9.26 Å². The summed E-state index contributed by atoms with van der Waals surface area (Å²) in [5.41, 5.74) is 1.91. The average Bonchev–Trinajstić information content (AvgIpc) is 3.33. The lowest BCUT2D eigenvalue weighted by atomic mass is 10.2. The number of ether oxygens (including phenoxy) is 1. The van der Waals surface area contributed by atoms with E-state index < -0.39 is 0 Å². The van der Waals surface area contributed by atoms with Gasteiger partial charge in [0.1, 0.15) is 6.61 Å². The average molecular weight is 406 g/mol. The van der Waals surface area contributed by atoms with Gasteiger partial charge >= 0.3 is 0 Å². The summed E-state index contributed by atoms with van der Waals surface area (Å²) >= 11 is 7.94. The minimum atomic E-state index is 0.370. The van der Waals surface area contributed by atoms with E-state index in [0.717, 1.165) is 47.6 Å². The fourth-order valence-electron chi connectivity index (χ4n) is 3.03. The molecule has 4 rings (SSSR count). The highest BCUT2D eigenvalue weighted by Gasteiger charge is 2.21. The molecule has 0 N–H and O–H groups in total. The van der Waals surface area contributed by atoms with Gasteiger partial charge in [0, 0.05) is 49.3 Å². The predicted molar refractivity (Wildman–Crippen MR) is 105 cm³/mol. The highest BCUT2D eigenvalue weighted by Crippen LogP contribution is 2.32. The van der Waals surface area contributed by atoms with E-state index in [2.05, 4.69) is 25.3 Å². The summed E-state index contributed by atoms with van der Waals surface area (Å²) in [6.07, 6.45) is 0. The van der Waals surface area contributed by atoms with Gasteiger partial charge in [0.2, 0.25) is 5.89 Å². The molecule has 0 saturated carbocycles. The molecule has 1 fully saturated rings. The number of halogens is 1. The molecule has 142 valence electrons. The molecule has 2 aromatic heterocycles. The molecule has 0 radical (unpaired) electrons. The van der Waals surface area contributed by atoms with Crippen LogP contribution >= 0.6 is 22.9 Å². The first-order valence-corrected chi connectivity index (χ1v) is 9.97. The Kier molecular flexibility index (Phi) is 5.68. The third kappa shape index (κ3) is 4.30. The van der Waals surface area contributed by atoms with Crippen molar-refractivity contribution in [3.8, 4) is 11.3 Å². The van der Waals surface area contributed by atoms with E-state index in [-0.39, 0.29) is 0 Å². The van der Waals surface area contributed by atoms with Crippen LogP contribution in [0.1, 0.15) is 11.7 Å². The zero-order chi connectivity index (χ0) is 18.6. The third-order valence-corrected chi connectivity index (χ3v) is 5.66. The topological polar surface area (TPSA) is 67.5 Å². The fraction of sp³-hybridized carbons (Fsp3) is 0.389. The van der Waals surface area contributed by atoms with E-state index in [0.29, 0.717) is 24.9 Å². The van der Waals surface area contributed by atoms with Crippen molar-refractivity contribution in [1.82, 2.24) is 20.0 Å². The minimum absolute atomic E-state index is 0.370. The second-order valence-electron chi connectivity index (χ2n) is 6.30. The number of hydrogen-bond acceptors (Lipinski definition) is 8. The standard InChI is InChI=1S/C18H20ClN5O2S/c1-25-11-16-21-17(26-22-16)10-23-6-8-24(9-7-23)18-20-15(12-27-18)13-4-2-3-5-14(13)19/h2-5,12H,6-11H2,1H3. The Balaban J connectivity index is 1.35. The first kappa shape index (κ1) is 18.4. The van der Waals surface area contributed by atoms with Crippen LogP contribution in [0.15, 0.2) is 34.2 Å². The lowest BCUT2D eigenvalue weighted by molar-refractivity contribution is 0.174. The van der Waals surface area contributed by atoms with Crippen LogP contribution in [0.4, 0.5) is 5.13 Å². The molecule has 1 saturated heterocycles. The number of anilines is 1. The number of hydrogen-bond donors (Lipinski definition) is 0. The van der Waals surface area contributed by atoms with Crippen LogP contribution < -0.4 is 4.90 Å². The Morgan fingerprint density at radius 2 is 2.00 bits per heavy atom. The summed E-state index contributed by atoms with van der Waals surface area (Å²) in [5, 5.41) is 7.73. The van der Waals surface area contributed by atoms with E-state index in [4.69, 9.17) is 25.8 Å². The van der Waals surface area contributed by atoms with E-state index in [1.165, 1.54) is 0 Å². The van der Waals surface area contributed by atoms with E-state index in [1.54, 1.807) is 18.4 Å². The van der Waals surface area contributed by atoms with Gasteiger partial charge in [-0.3, -0.25) is 4.90 Å². The molecule has 0 spiro atoms. The van der Waals surface area contributed by atoms with Gasteiger partial charge in [0.15, 0.2) is 11.0 Å². The van der Waals surface area contributed by atoms with Crippen LogP contribution in [-0.4, -0.2) is 53.3 Å². The first-order valence-electron chi connectivity index (χ1n) is 8.71. The van der Waals surface area contributed by atoms with Gasteiger partial charge in [-0.15, -0.1) is 11.3 Å². The van der Waals surface area contributed by atoms with Crippen LogP contribution in [0.2, 0.25) is 5.02 Å². The molecule has 7 nitrogen and oxygen atoms in total. The van der Waals surface area contributed by atoms with Crippen molar-refractivity contribution >= 4 is 28.1 Å². The Bertz CT molecular complexity index is 891. The Morgan fingerprint density at radius 3 is 2.78 bits per heavy atom. The molecule has 3 aromatic rings. The minimum Gasteiger partial charge on any atom is -0.377 e. The first-order chi connectivity index (χ1) is 13.2. The van der Waals surface area contributed by atoms with Crippen LogP contribution in [0, 0.1) is 0 Å². The maximum absolute atomic E-state index is 6.29.